The van der Waals surface area contributed by atoms with Gasteiger partial charge in [-0.2, -0.15) is 0 Å². The zero-order valence-electron chi connectivity index (χ0n) is 11.4. The van der Waals surface area contributed by atoms with E-state index in [1.165, 1.54) is 0 Å². The summed E-state index contributed by atoms with van der Waals surface area (Å²) in [6, 6.07) is 0.263. The number of aromatic nitrogens is 2. The molecule has 2 aliphatic heterocycles. The molecule has 1 saturated heterocycles. The number of halogens is 1. The molecule has 1 aromatic heterocycles. The number of hydrogen-bond acceptors (Lipinski definition) is 6. The molecule has 1 unspecified atom stereocenters. The maximum atomic E-state index is 10.7. The first kappa shape index (κ1) is 13.7. The van der Waals surface area contributed by atoms with E-state index in [-0.39, 0.29) is 11.3 Å². The summed E-state index contributed by atoms with van der Waals surface area (Å²) in [5.41, 5.74) is 2.02. The second kappa shape index (κ2) is 5.63. The highest BCUT2D eigenvalue weighted by molar-refractivity contribution is 6.28. The van der Waals surface area contributed by atoms with Gasteiger partial charge in [-0.05, 0) is 18.5 Å². The van der Waals surface area contributed by atoms with E-state index in [1.807, 2.05) is 4.90 Å². The van der Waals surface area contributed by atoms with E-state index in [9.17, 15) is 4.79 Å². The van der Waals surface area contributed by atoms with Crippen molar-refractivity contribution < 1.29 is 9.53 Å². The number of fused-ring (bicyclic) bond motifs is 1. The first-order valence-corrected chi connectivity index (χ1v) is 7.12. The van der Waals surface area contributed by atoms with Crippen molar-refractivity contribution in [2.75, 3.05) is 31.2 Å². The Morgan fingerprint density at radius 1 is 1.45 bits per heavy atom. The molecule has 7 heteroatoms. The van der Waals surface area contributed by atoms with Gasteiger partial charge in [-0.25, -0.2) is 9.97 Å². The molecule has 0 saturated carbocycles. The molecule has 0 bridgehead atoms. The molecule has 0 spiro atoms. The lowest BCUT2D eigenvalue weighted by molar-refractivity contribution is -0.108. The van der Waals surface area contributed by atoms with Crippen molar-refractivity contribution in [1.82, 2.24) is 14.9 Å². The summed E-state index contributed by atoms with van der Waals surface area (Å²) in [4.78, 5) is 23.7. The van der Waals surface area contributed by atoms with Crippen LogP contribution in [0, 0.1) is 0 Å². The smallest absolute Gasteiger partial charge is 0.224 e. The van der Waals surface area contributed by atoms with Crippen LogP contribution in [0.3, 0.4) is 0 Å². The molecule has 0 amide bonds. The fourth-order valence-electron chi connectivity index (χ4n) is 2.79. The largest absolute Gasteiger partial charge is 0.377 e. The third kappa shape index (κ3) is 2.51. The maximum Gasteiger partial charge on any atom is 0.224 e. The number of aldehydes is 1. The number of carbonyl (C=O) groups is 1. The minimum atomic E-state index is 0.263. The number of hydrogen-bond donors (Lipinski definition) is 0. The minimum absolute atomic E-state index is 0.263. The summed E-state index contributed by atoms with van der Waals surface area (Å²) < 4.78 is 5.47. The fraction of sp³-hybridized carbons (Fsp3) is 0.615. The van der Waals surface area contributed by atoms with Gasteiger partial charge < -0.3 is 14.4 Å². The third-order valence-corrected chi connectivity index (χ3v) is 3.94. The number of carbonyl (C=O) groups excluding carboxylic acids is 1. The zero-order chi connectivity index (χ0) is 14.1. The van der Waals surface area contributed by atoms with E-state index in [1.54, 1.807) is 0 Å². The first-order valence-electron chi connectivity index (χ1n) is 6.74. The Labute approximate surface area is 122 Å². The van der Waals surface area contributed by atoms with Gasteiger partial charge in [0.05, 0.1) is 31.5 Å². The molecule has 1 fully saturated rings. The summed E-state index contributed by atoms with van der Waals surface area (Å²) >= 11 is 6.05. The van der Waals surface area contributed by atoms with Crippen molar-refractivity contribution >= 4 is 23.7 Å². The quantitative estimate of drug-likeness (QED) is 0.609. The van der Waals surface area contributed by atoms with Crippen LogP contribution in [-0.2, 0) is 22.6 Å². The summed E-state index contributed by atoms with van der Waals surface area (Å²) in [6.07, 6.45) is 0.915. The second-order valence-electron chi connectivity index (χ2n) is 5.20. The van der Waals surface area contributed by atoms with E-state index >= 15 is 0 Å². The molecule has 3 heterocycles. The van der Waals surface area contributed by atoms with Crippen LogP contribution in [0.25, 0.3) is 0 Å². The number of ether oxygens (including phenoxy) is 1. The molecule has 108 valence electrons. The van der Waals surface area contributed by atoms with Crippen molar-refractivity contribution in [1.29, 1.82) is 0 Å². The molecule has 2 aliphatic rings. The fourth-order valence-corrected chi connectivity index (χ4v) is 2.97. The number of morpholine rings is 1. The third-order valence-electron chi connectivity index (χ3n) is 3.77. The zero-order valence-corrected chi connectivity index (χ0v) is 12.1. The molecular weight excluding hydrogens is 280 g/mol. The van der Waals surface area contributed by atoms with Crippen LogP contribution in [0.1, 0.15) is 18.2 Å². The molecule has 1 aromatic rings. The second-order valence-corrected chi connectivity index (χ2v) is 5.53. The van der Waals surface area contributed by atoms with Gasteiger partial charge in [0.25, 0.3) is 0 Å². The molecule has 0 aliphatic carbocycles. The Balaban J connectivity index is 1.94. The molecule has 20 heavy (non-hydrogen) atoms. The van der Waals surface area contributed by atoms with Crippen LogP contribution in [0.5, 0.6) is 0 Å². The Bertz CT molecular complexity index is 525. The van der Waals surface area contributed by atoms with Gasteiger partial charge in [0, 0.05) is 25.2 Å². The monoisotopic (exact) mass is 296 g/mol. The highest BCUT2D eigenvalue weighted by Gasteiger charge is 2.30. The van der Waals surface area contributed by atoms with Gasteiger partial charge in [-0.3, -0.25) is 4.90 Å². The molecule has 0 aromatic carbocycles. The first-order chi connectivity index (χ1) is 9.69. The number of rotatable bonds is 3. The van der Waals surface area contributed by atoms with Crippen LogP contribution in [0.2, 0.25) is 5.28 Å². The van der Waals surface area contributed by atoms with Gasteiger partial charge in [-0.15, -0.1) is 0 Å². The normalized spacial score (nSPS) is 22.9. The van der Waals surface area contributed by atoms with E-state index in [0.717, 1.165) is 29.9 Å². The average Bonchev–Trinajstić information content (AvgIpc) is 2.81. The lowest BCUT2D eigenvalue weighted by Crippen LogP contribution is -2.44. The Kier molecular flexibility index (Phi) is 3.87. The van der Waals surface area contributed by atoms with Crippen molar-refractivity contribution in [2.45, 2.75) is 26.1 Å². The predicted octanol–water partition coefficient (Wildman–Crippen LogP) is 0.870. The minimum Gasteiger partial charge on any atom is -0.377 e. The van der Waals surface area contributed by atoms with Gasteiger partial charge >= 0.3 is 0 Å². The van der Waals surface area contributed by atoms with Crippen molar-refractivity contribution in [3.05, 3.63) is 16.5 Å². The predicted molar refractivity (Wildman–Crippen MR) is 74.8 cm³/mol. The molecule has 1 atom stereocenters. The summed E-state index contributed by atoms with van der Waals surface area (Å²) in [5.74, 6) is 0.893. The molecule has 0 radical (unpaired) electrons. The van der Waals surface area contributed by atoms with E-state index < -0.39 is 0 Å². The van der Waals surface area contributed by atoms with Gasteiger partial charge in [0.2, 0.25) is 5.28 Å². The summed E-state index contributed by atoms with van der Waals surface area (Å²) in [6.45, 7) is 6.06. The van der Waals surface area contributed by atoms with Gasteiger partial charge in [0.15, 0.2) is 0 Å². The van der Waals surface area contributed by atoms with Gasteiger partial charge in [-0.1, -0.05) is 0 Å². The lowest BCUT2D eigenvalue weighted by Gasteiger charge is -2.35. The van der Waals surface area contributed by atoms with E-state index in [2.05, 4.69) is 21.8 Å². The number of anilines is 1. The Hall–Kier alpha value is -1.24. The van der Waals surface area contributed by atoms with Crippen molar-refractivity contribution in [3.63, 3.8) is 0 Å². The summed E-state index contributed by atoms with van der Waals surface area (Å²) in [7, 11) is 0. The molecular formula is C13H17ClN4O2. The molecule has 0 N–H and O–H groups in total. The maximum absolute atomic E-state index is 10.7. The molecule has 3 rings (SSSR count). The topological polar surface area (TPSA) is 58.6 Å². The lowest BCUT2D eigenvalue weighted by atomic mass is 10.2. The van der Waals surface area contributed by atoms with Crippen LogP contribution in [0.15, 0.2) is 0 Å². The highest BCUT2D eigenvalue weighted by Crippen LogP contribution is 2.31. The summed E-state index contributed by atoms with van der Waals surface area (Å²) in [5, 5.41) is 0.269. The molecule has 6 nitrogen and oxygen atoms in total. The highest BCUT2D eigenvalue weighted by atomic mass is 35.5. The van der Waals surface area contributed by atoms with E-state index in [0.29, 0.717) is 32.8 Å². The Morgan fingerprint density at radius 3 is 3.05 bits per heavy atom. The Morgan fingerprint density at radius 2 is 2.30 bits per heavy atom. The van der Waals surface area contributed by atoms with Gasteiger partial charge in [0.1, 0.15) is 12.1 Å². The van der Waals surface area contributed by atoms with Crippen molar-refractivity contribution in [2.24, 2.45) is 0 Å². The average molecular weight is 297 g/mol. The van der Waals surface area contributed by atoms with Crippen LogP contribution in [0.4, 0.5) is 5.82 Å². The SMILES string of the molecule is CC1COCCN1c1nc(Cl)nc2c1CN(CC=O)C2. The van der Waals surface area contributed by atoms with Crippen LogP contribution < -0.4 is 4.90 Å². The van der Waals surface area contributed by atoms with Crippen LogP contribution >= 0.6 is 11.6 Å². The van der Waals surface area contributed by atoms with Crippen LogP contribution in [-0.4, -0.2) is 53.5 Å². The number of nitrogens with zero attached hydrogens (tertiary/aromatic N) is 4. The van der Waals surface area contributed by atoms with Crippen molar-refractivity contribution in [3.8, 4) is 0 Å². The standard InChI is InChI=1S/C13H17ClN4O2/c1-9-8-20-5-3-18(9)12-10-6-17(2-4-19)7-11(10)15-13(14)16-12/h4,9H,2-3,5-8H2,1H3. The van der Waals surface area contributed by atoms with E-state index in [4.69, 9.17) is 16.3 Å².